The third kappa shape index (κ3) is 8.48. The van der Waals surface area contributed by atoms with E-state index >= 15 is 0 Å². The summed E-state index contributed by atoms with van der Waals surface area (Å²) in [4.78, 5) is 85.0. The van der Waals surface area contributed by atoms with Crippen LogP contribution in [-0.4, -0.2) is 108 Å². The second-order valence-corrected chi connectivity index (χ2v) is 12.3. The van der Waals surface area contributed by atoms with Gasteiger partial charge < -0.3 is 30.1 Å². The molecule has 12 heteroatoms. The monoisotopic (exact) mass is 603 g/mol. The molecule has 0 spiro atoms. The summed E-state index contributed by atoms with van der Waals surface area (Å²) < 4.78 is 5.43. The van der Waals surface area contributed by atoms with Crippen LogP contribution in [0.5, 0.6) is 0 Å². The highest BCUT2D eigenvalue weighted by Gasteiger charge is 2.43. The number of esters is 1. The highest BCUT2D eigenvalue weighted by atomic mass is 16.5. The second kappa shape index (κ2) is 15.7. The molecule has 240 valence electrons. The van der Waals surface area contributed by atoms with E-state index < -0.39 is 65.8 Å². The molecule has 0 radical (unpaired) electrons. The number of rotatable bonds is 5. The molecule has 0 aliphatic carbocycles. The van der Waals surface area contributed by atoms with Crippen LogP contribution < -0.4 is 10.6 Å². The Kier molecular flexibility index (Phi) is 13.0. The number of terminal acetylenes is 1. The number of nitrogens with one attached hydrogen (secondary N) is 2. The number of cyclic esters (lactones) is 1. The first-order valence-corrected chi connectivity index (χ1v) is 15.2. The van der Waals surface area contributed by atoms with Gasteiger partial charge in [-0.1, -0.05) is 48.0 Å². The number of ether oxygens (including phenoxy) is 1. The zero-order chi connectivity index (χ0) is 32.6. The SMILES string of the molecule is C#CC[C@H]1OC(=O)CCNC(=O)C(C(C)C)N(C)C(=O)C(C(C)C)N(C)C(=O)[C@H]([C@@H](C)CC)NC(=O)[C@@H]2CCCN2C1=O. The van der Waals surface area contributed by atoms with E-state index in [4.69, 9.17) is 11.2 Å². The van der Waals surface area contributed by atoms with Gasteiger partial charge in [0.2, 0.25) is 23.6 Å². The minimum atomic E-state index is -1.29. The smallest absolute Gasteiger partial charge is 0.308 e. The Bertz CT molecular complexity index is 1100. The van der Waals surface area contributed by atoms with Crippen LogP contribution in [0, 0.1) is 30.1 Å². The second-order valence-electron chi connectivity index (χ2n) is 12.3. The van der Waals surface area contributed by atoms with Crippen molar-refractivity contribution in [1.82, 2.24) is 25.3 Å². The van der Waals surface area contributed by atoms with Crippen molar-refractivity contribution in [2.45, 2.75) is 104 Å². The first kappa shape index (κ1) is 35.6. The van der Waals surface area contributed by atoms with E-state index in [2.05, 4.69) is 16.6 Å². The van der Waals surface area contributed by atoms with E-state index in [-0.39, 0.29) is 43.7 Å². The summed E-state index contributed by atoms with van der Waals surface area (Å²) in [6, 6.07) is -3.65. The summed E-state index contributed by atoms with van der Waals surface area (Å²) in [6.07, 6.45) is 5.24. The van der Waals surface area contributed by atoms with E-state index in [0.717, 1.165) is 0 Å². The predicted molar refractivity (Wildman–Crippen MR) is 160 cm³/mol. The lowest BCUT2D eigenvalue weighted by molar-refractivity contribution is -0.161. The third-order valence-electron chi connectivity index (χ3n) is 8.41. The number of nitrogens with zero attached hydrogens (tertiary/aromatic N) is 3. The summed E-state index contributed by atoms with van der Waals surface area (Å²) in [5, 5.41) is 5.57. The van der Waals surface area contributed by atoms with Gasteiger partial charge in [-0.3, -0.25) is 28.8 Å². The van der Waals surface area contributed by atoms with E-state index in [1.807, 2.05) is 27.7 Å². The Labute approximate surface area is 255 Å². The maximum atomic E-state index is 14.0. The Morgan fingerprint density at radius 2 is 1.51 bits per heavy atom. The van der Waals surface area contributed by atoms with Crippen molar-refractivity contribution in [1.29, 1.82) is 0 Å². The van der Waals surface area contributed by atoms with Gasteiger partial charge in [0, 0.05) is 27.2 Å². The molecule has 2 aliphatic rings. The highest BCUT2D eigenvalue weighted by molar-refractivity contribution is 5.96. The zero-order valence-electron chi connectivity index (χ0n) is 26.8. The predicted octanol–water partition coefficient (Wildman–Crippen LogP) is 0.929. The molecule has 2 aliphatic heterocycles. The molecule has 0 aromatic heterocycles. The molecule has 6 atom stereocenters. The molecule has 2 heterocycles. The molecule has 43 heavy (non-hydrogen) atoms. The molecule has 0 aromatic carbocycles. The third-order valence-corrected chi connectivity index (χ3v) is 8.41. The number of hydrogen-bond donors (Lipinski definition) is 2. The minimum Gasteiger partial charge on any atom is -0.451 e. The number of likely N-dealkylation sites (N-methyl/N-ethyl adjacent to an activating group) is 2. The lowest BCUT2D eigenvalue weighted by atomic mass is 9.93. The van der Waals surface area contributed by atoms with Crippen LogP contribution in [0.2, 0.25) is 0 Å². The zero-order valence-corrected chi connectivity index (χ0v) is 26.8. The topological polar surface area (TPSA) is 145 Å². The van der Waals surface area contributed by atoms with Crippen LogP contribution in [-0.2, 0) is 33.5 Å². The van der Waals surface area contributed by atoms with Gasteiger partial charge in [-0.05, 0) is 30.6 Å². The molecule has 2 fully saturated rings. The maximum absolute atomic E-state index is 14.0. The molecule has 0 bridgehead atoms. The van der Waals surface area contributed by atoms with Gasteiger partial charge in [-0.2, -0.15) is 0 Å². The lowest BCUT2D eigenvalue weighted by Gasteiger charge is -2.39. The van der Waals surface area contributed by atoms with Crippen LogP contribution in [0.4, 0.5) is 0 Å². The van der Waals surface area contributed by atoms with Crippen molar-refractivity contribution in [2.24, 2.45) is 17.8 Å². The Morgan fingerprint density at radius 1 is 0.907 bits per heavy atom. The Morgan fingerprint density at radius 3 is 2.07 bits per heavy atom. The van der Waals surface area contributed by atoms with Crippen molar-refractivity contribution in [2.75, 3.05) is 27.2 Å². The van der Waals surface area contributed by atoms with Gasteiger partial charge in [0.25, 0.3) is 5.91 Å². The van der Waals surface area contributed by atoms with Crippen molar-refractivity contribution < 1.29 is 33.5 Å². The van der Waals surface area contributed by atoms with Crippen molar-refractivity contribution in [3.63, 3.8) is 0 Å². The van der Waals surface area contributed by atoms with Gasteiger partial charge in [0.05, 0.1) is 12.8 Å². The van der Waals surface area contributed by atoms with Gasteiger partial charge in [-0.15, -0.1) is 12.3 Å². The van der Waals surface area contributed by atoms with Gasteiger partial charge in [0.15, 0.2) is 6.10 Å². The molecular formula is C31H49N5O7. The average molecular weight is 604 g/mol. The fourth-order valence-corrected chi connectivity index (χ4v) is 5.84. The van der Waals surface area contributed by atoms with Gasteiger partial charge >= 0.3 is 5.97 Å². The fraction of sp³-hybridized carbons (Fsp3) is 0.742. The summed E-state index contributed by atoms with van der Waals surface area (Å²) in [6.45, 7) is 11.1. The molecule has 2 rings (SSSR count). The number of hydrogen-bond acceptors (Lipinski definition) is 7. The quantitative estimate of drug-likeness (QED) is 0.351. The molecule has 2 N–H and O–H groups in total. The molecule has 12 nitrogen and oxygen atoms in total. The Hall–Kier alpha value is -3.62. The van der Waals surface area contributed by atoms with Gasteiger partial charge in [0.1, 0.15) is 24.2 Å². The molecular weight excluding hydrogens is 554 g/mol. The van der Waals surface area contributed by atoms with E-state index in [0.29, 0.717) is 19.3 Å². The highest BCUT2D eigenvalue weighted by Crippen LogP contribution is 2.23. The van der Waals surface area contributed by atoms with Crippen molar-refractivity contribution in [3.8, 4) is 12.3 Å². The van der Waals surface area contributed by atoms with Gasteiger partial charge in [-0.25, -0.2) is 0 Å². The van der Waals surface area contributed by atoms with E-state index in [1.165, 1.54) is 28.8 Å². The number of carbonyl (C=O) groups excluding carboxylic acids is 6. The molecule has 0 aromatic rings. The number of amides is 5. The largest absolute Gasteiger partial charge is 0.451 e. The minimum absolute atomic E-state index is 0.0861. The normalized spacial score (nSPS) is 28.0. The Balaban J connectivity index is 2.59. The average Bonchev–Trinajstić information content (AvgIpc) is 3.43. The van der Waals surface area contributed by atoms with Crippen LogP contribution >= 0.6 is 0 Å². The van der Waals surface area contributed by atoms with Crippen LogP contribution in [0.15, 0.2) is 0 Å². The molecule has 5 amide bonds. The summed E-state index contributed by atoms with van der Waals surface area (Å²) in [5.41, 5.74) is 0. The van der Waals surface area contributed by atoms with Crippen molar-refractivity contribution in [3.05, 3.63) is 0 Å². The summed E-state index contributed by atoms with van der Waals surface area (Å²) >= 11 is 0. The summed E-state index contributed by atoms with van der Waals surface area (Å²) in [7, 11) is 3.06. The molecule has 2 saturated heterocycles. The first-order chi connectivity index (χ1) is 20.2. The van der Waals surface area contributed by atoms with Crippen LogP contribution in [0.1, 0.15) is 73.6 Å². The first-order valence-electron chi connectivity index (χ1n) is 15.2. The van der Waals surface area contributed by atoms with Crippen molar-refractivity contribution >= 4 is 35.5 Å². The van der Waals surface area contributed by atoms with Crippen LogP contribution in [0.3, 0.4) is 0 Å². The standard InChI is InChI=1S/C31H49N5O7/c1-10-13-22-29(40)36-17-12-14-21(36)27(38)33-24(20(7)11-2)30(41)35(9)26(19(5)6)31(42)34(8)25(18(3)4)28(39)32-16-15-23(37)43-22/h1,18-22,24-26H,11-17H2,2-9H3,(H,32,39)(H,33,38)/t20-,21-,22+,24-,25?,26?/m0/s1. The molecule has 0 saturated carbocycles. The lowest BCUT2D eigenvalue weighted by Crippen LogP contribution is -2.61. The molecule has 2 unspecified atom stereocenters. The number of fused-ring (bicyclic) bond motifs is 1. The van der Waals surface area contributed by atoms with E-state index in [1.54, 1.807) is 13.8 Å². The maximum Gasteiger partial charge on any atom is 0.308 e. The van der Waals surface area contributed by atoms with Crippen LogP contribution in [0.25, 0.3) is 0 Å². The van der Waals surface area contributed by atoms with E-state index in [9.17, 15) is 28.8 Å². The number of carbonyl (C=O) groups is 6. The fourth-order valence-electron chi connectivity index (χ4n) is 5.84. The summed E-state index contributed by atoms with van der Waals surface area (Å²) in [5.74, 6) is -1.67.